The Morgan fingerprint density at radius 1 is 1.42 bits per heavy atom. The Balaban J connectivity index is 0.000000217. The molecule has 0 radical (unpaired) electrons. The van der Waals surface area contributed by atoms with Crippen LogP contribution in [0, 0.1) is 0 Å². The third kappa shape index (κ3) is 7.98. The quantitative estimate of drug-likeness (QED) is 0.666. The topological polar surface area (TPSA) is 49.7 Å². The Hall–Kier alpha value is -0.120. The first-order valence-electron chi connectivity index (χ1n) is 4.71. The lowest BCUT2D eigenvalue weighted by Crippen LogP contribution is -2.17. The molecule has 0 spiro atoms. The van der Waals surface area contributed by atoms with Gasteiger partial charge in [-0.05, 0) is 25.7 Å². The molecule has 0 aromatic carbocycles. The van der Waals surface area contributed by atoms with E-state index in [-0.39, 0.29) is 0 Å². The van der Waals surface area contributed by atoms with Crippen LogP contribution in [0.1, 0.15) is 39.0 Å². The standard InChI is InChI=1S/C5H10O2.C4H10O/c6-5-3-1-2-4-7-5;1-2-3-4-5/h5-6H,1-4H2;5H,2-4H2,1H3. The van der Waals surface area contributed by atoms with E-state index in [1.54, 1.807) is 0 Å². The summed E-state index contributed by atoms with van der Waals surface area (Å²) < 4.78 is 4.83. The van der Waals surface area contributed by atoms with E-state index in [0.717, 1.165) is 38.7 Å². The first-order valence-corrected chi connectivity index (χ1v) is 4.71. The van der Waals surface area contributed by atoms with Gasteiger partial charge in [0, 0.05) is 13.2 Å². The lowest BCUT2D eigenvalue weighted by molar-refractivity contribution is -0.123. The maximum absolute atomic E-state index is 8.69. The van der Waals surface area contributed by atoms with Gasteiger partial charge in [-0.3, -0.25) is 0 Å². The van der Waals surface area contributed by atoms with Gasteiger partial charge in [0.05, 0.1) is 0 Å². The highest BCUT2D eigenvalue weighted by Crippen LogP contribution is 2.08. The molecule has 1 aliphatic rings. The van der Waals surface area contributed by atoms with Crippen molar-refractivity contribution in [1.82, 2.24) is 0 Å². The number of hydrogen-bond donors (Lipinski definition) is 2. The maximum atomic E-state index is 8.69. The van der Waals surface area contributed by atoms with Gasteiger partial charge >= 0.3 is 0 Å². The molecule has 1 atom stereocenters. The fraction of sp³-hybridized carbons (Fsp3) is 1.00. The summed E-state index contributed by atoms with van der Waals surface area (Å²) in [6.07, 6.45) is 4.61. The van der Waals surface area contributed by atoms with E-state index in [4.69, 9.17) is 14.9 Å². The molecule has 0 aromatic rings. The van der Waals surface area contributed by atoms with Crippen molar-refractivity contribution in [1.29, 1.82) is 0 Å². The Morgan fingerprint density at radius 3 is 2.33 bits per heavy atom. The number of unbranched alkanes of at least 4 members (excludes halogenated alkanes) is 1. The SMILES string of the molecule is CCCCO.OC1CCCCO1. The van der Waals surface area contributed by atoms with Crippen LogP contribution in [0.15, 0.2) is 0 Å². The van der Waals surface area contributed by atoms with Crippen LogP contribution in [0.5, 0.6) is 0 Å². The molecule has 3 nitrogen and oxygen atoms in total. The van der Waals surface area contributed by atoms with Crippen molar-refractivity contribution in [2.75, 3.05) is 13.2 Å². The summed E-state index contributed by atoms with van der Waals surface area (Å²) in [6.45, 7) is 3.13. The zero-order valence-corrected chi connectivity index (χ0v) is 7.83. The largest absolute Gasteiger partial charge is 0.396 e. The van der Waals surface area contributed by atoms with Crippen molar-refractivity contribution in [3.63, 3.8) is 0 Å². The zero-order chi connectivity index (χ0) is 9.23. The van der Waals surface area contributed by atoms with Crippen molar-refractivity contribution in [3.05, 3.63) is 0 Å². The van der Waals surface area contributed by atoms with Crippen molar-refractivity contribution in [2.24, 2.45) is 0 Å². The molecular formula is C9H20O3. The molecule has 0 aromatic heterocycles. The summed E-state index contributed by atoms with van der Waals surface area (Å²) in [4.78, 5) is 0. The maximum Gasteiger partial charge on any atom is 0.154 e. The Morgan fingerprint density at radius 2 is 2.17 bits per heavy atom. The fourth-order valence-electron chi connectivity index (χ4n) is 0.882. The van der Waals surface area contributed by atoms with Gasteiger partial charge in [-0.25, -0.2) is 0 Å². The summed E-state index contributed by atoms with van der Waals surface area (Å²) in [7, 11) is 0. The molecule has 1 heterocycles. The average Bonchev–Trinajstić information content (AvgIpc) is 2.08. The molecule has 1 aliphatic heterocycles. The molecule has 3 heteroatoms. The van der Waals surface area contributed by atoms with Gasteiger partial charge < -0.3 is 14.9 Å². The number of ether oxygens (including phenoxy) is 1. The minimum absolute atomic E-state index is 0.344. The molecule has 0 amide bonds. The lowest BCUT2D eigenvalue weighted by Gasteiger charge is -2.16. The van der Waals surface area contributed by atoms with Crippen LogP contribution in [0.2, 0.25) is 0 Å². The third-order valence-corrected chi connectivity index (χ3v) is 1.67. The number of hydrogen-bond acceptors (Lipinski definition) is 3. The smallest absolute Gasteiger partial charge is 0.154 e. The Bertz CT molecular complexity index is 77.8. The van der Waals surface area contributed by atoms with Gasteiger partial charge in [-0.1, -0.05) is 13.3 Å². The predicted molar refractivity (Wildman–Crippen MR) is 47.8 cm³/mol. The van der Waals surface area contributed by atoms with E-state index in [1.807, 2.05) is 0 Å². The average molecular weight is 176 g/mol. The highest BCUT2D eigenvalue weighted by atomic mass is 16.6. The molecule has 1 fully saturated rings. The molecule has 74 valence electrons. The van der Waals surface area contributed by atoms with E-state index >= 15 is 0 Å². The van der Waals surface area contributed by atoms with E-state index in [2.05, 4.69) is 6.92 Å². The van der Waals surface area contributed by atoms with E-state index < -0.39 is 6.29 Å². The summed E-state index contributed by atoms with van der Waals surface area (Å²) in [5.74, 6) is 0. The molecule has 2 N–H and O–H groups in total. The van der Waals surface area contributed by atoms with E-state index in [0.29, 0.717) is 6.61 Å². The van der Waals surface area contributed by atoms with Gasteiger partial charge in [0.15, 0.2) is 6.29 Å². The van der Waals surface area contributed by atoms with E-state index in [1.165, 1.54) is 0 Å². The number of aliphatic hydroxyl groups excluding tert-OH is 2. The minimum atomic E-state index is -0.464. The van der Waals surface area contributed by atoms with Crippen LogP contribution in [-0.2, 0) is 4.74 Å². The van der Waals surface area contributed by atoms with Crippen LogP contribution in [0.25, 0.3) is 0 Å². The van der Waals surface area contributed by atoms with Crippen molar-refractivity contribution < 1.29 is 14.9 Å². The number of aliphatic hydroxyl groups is 2. The first kappa shape index (κ1) is 11.9. The summed E-state index contributed by atoms with van der Waals surface area (Å²) in [6, 6.07) is 0. The van der Waals surface area contributed by atoms with Crippen molar-refractivity contribution in [2.45, 2.75) is 45.3 Å². The lowest BCUT2D eigenvalue weighted by atomic mass is 10.2. The second-order valence-corrected chi connectivity index (χ2v) is 2.90. The monoisotopic (exact) mass is 176 g/mol. The normalized spacial score (nSPS) is 22.8. The van der Waals surface area contributed by atoms with Crippen molar-refractivity contribution in [3.8, 4) is 0 Å². The molecule has 0 aliphatic carbocycles. The summed E-state index contributed by atoms with van der Waals surface area (Å²) in [5.41, 5.74) is 0. The first-order chi connectivity index (χ1) is 5.81. The Kier molecular flexibility index (Phi) is 8.88. The second kappa shape index (κ2) is 8.97. The van der Waals surface area contributed by atoms with Gasteiger partial charge in [0.2, 0.25) is 0 Å². The second-order valence-electron chi connectivity index (χ2n) is 2.90. The summed E-state index contributed by atoms with van der Waals surface area (Å²) >= 11 is 0. The van der Waals surface area contributed by atoms with Gasteiger partial charge in [-0.15, -0.1) is 0 Å². The molecule has 1 saturated heterocycles. The van der Waals surface area contributed by atoms with Crippen LogP contribution in [-0.4, -0.2) is 29.7 Å². The number of rotatable bonds is 2. The van der Waals surface area contributed by atoms with Crippen LogP contribution < -0.4 is 0 Å². The molecule has 1 rings (SSSR count). The van der Waals surface area contributed by atoms with Gasteiger partial charge in [0.25, 0.3) is 0 Å². The van der Waals surface area contributed by atoms with Crippen molar-refractivity contribution >= 4 is 0 Å². The third-order valence-electron chi connectivity index (χ3n) is 1.67. The Labute approximate surface area is 74.4 Å². The molecular weight excluding hydrogens is 156 g/mol. The van der Waals surface area contributed by atoms with Crippen LogP contribution in [0.3, 0.4) is 0 Å². The fourth-order valence-corrected chi connectivity index (χ4v) is 0.882. The highest BCUT2D eigenvalue weighted by molar-refractivity contribution is 4.50. The van der Waals surface area contributed by atoms with Gasteiger partial charge in [-0.2, -0.15) is 0 Å². The van der Waals surface area contributed by atoms with Crippen LogP contribution in [0.4, 0.5) is 0 Å². The minimum Gasteiger partial charge on any atom is -0.396 e. The molecule has 1 unspecified atom stereocenters. The predicted octanol–water partition coefficient (Wildman–Crippen LogP) is 1.28. The van der Waals surface area contributed by atoms with E-state index in [9.17, 15) is 0 Å². The molecule has 12 heavy (non-hydrogen) atoms. The van der Waals surface area contributed by atoms with Gasteiger partial charge in [0.1, 0.15) is 0 Å². The molecule has 0 saturated carbocycles. The molecule has 0 bridgehead atoms. The highest BCUT2D eigenvalue weighted by Gasteiger charge is 2.07. The summed E-state index contributed by atoms with van der Waals surface area (Å²) in [5, 5.41) is 16.8. The zero-order valence-electron chi connectivity index (χ0n) is 7.83. The van der Waals surface area contributed by atoms with Crippen LogP contribution >= 0.6 is 0 Å².